The minimum Gasteiger partial charge on any atom is -0.309 e. The number of rotatable bonds is 4. The Kier molecular flexibility index (Phi) is 4.99. The molecule has 21 heavy (non-hydrogen) atoms. The van der Waals surface area contributed by atoms with E-state index in [4.69, 9.17) is 16.6 Å². The molecule has 2 nitrogen and oxygen atoms in total. The molecule has 2 aromatic rings. The Balaban J connectivity index is 1.94. The molecule has 1 aliphatic carbocycles. The van der Waals surface area contributed by atoms with Crippen LogP contribution in [-0.4, -0.2) is 11.5 Å². The van der Waals surface area contributed by atoms with Gasteiger partial charge in [-0.2, -0.15) is 0 Å². The minimum absolute atomic E-state index is 0.410. The topological polar surface area (TPSA) is 24.9 Å². The van der Waals surface area contributed by atoms with Crippen molar-refractivity contribution in [2.75, 3.05) is 6.54 Å². The van der Waals surface area contributed by atoms with Crippen molar-refractivity contribution in [3.05, 3.63) is 38.3 Å². The second-order valence-corrected chi connectivity index (χ2v) is 7.76. The Bertz CT molecular complexity index is 641. The fourth-order valence-corrected chi connectivity index (χ4v) is 4.74. The summed E-state index contributed by atoms with van der Waals surface area (Å²) >= 11 is 11.6. The number of nitrogens with one attached hydrogen (secondary N) is 1. The summed E-state index contributed by atoms with van der Waals surface area (Å²) < 4.78 is 1.00. The van der Waals surface area contributed by atoms with E-state index in [2.05, 4.69) is 28.2 Å². The molecule has 0 bridgehead atoms. The first-order valence-corrected chi connectivity index (χ1v) is 9.36. The Morgan fingerprint density at radius 3 is 3.10 bits per heavy atom. The summed E-state index contributed by atoms with van der Waals surface area (Å²) in [6, 6.07) is 6.41. The van der Waals surface area contributed by atoms with Crippen molar-refractivity contribution in [1.82, 2.24) is 10.3 Å². The van der Waals surface area contributed by atoms with Crippen LogP contribution in [0.5, 0.6) is 0 Å². The third-order valence-electron chi connectivity index (χ3n) is 3.76. The van der Waals surface area contributed by atoms with Crippen LogP contribution in [0.25, 0.3) is 10.6 Å². The summed E-state index contributed by atoms with van der Waals surface area (Å²) in [5, 5.41) is 5.42. The summed E-state index contributed by atoms with van der Waals surface area (Å²) in [7, 11) is 0. The predicted octanol–water partition coefficient (Wildman–Crippen LogP) is 5.60. The lowest BCUT2D eigenvalue weighted by Crippen LogP contribution is -2.25. The van der Waals surface area contributed by atoms with Gasteiger partial charge >= 0.3 is 0 Å². The van der Waals surface area contributed by atoms with Crippen molar-refractivity contribution in [3.63, 3.8) is 0 Å². The van der Waals surface area contributed by atoms with Crippen LogP contribution in [0.2, 0.25) is 5.02 Å². The third-order valence-corrected chi connectivity index (χ3v) is 5.73. The van der Waals surface area contributed by atoms with Gasteiger partial charge in [0.05, 0.1) is 16.8 Å². The summed E-state index contributed by atoms with van der Waals surface area (Å²) in [6.45, 7) is 3.25. The van der Waals surface area contributed by atoms with Gasteiger partial charge in [0.25, 0.3) is 0 Å². The summed E-state index contributed by atoms with van der Waals surface area (Å²) in [5.41, 5.74) is 2.28. The fourth-order valence-electron chi connectivity index (χ4n) is 2.71. The van der Waals surface area contributed by atoms with Crippen LogP contribution in [-0.2, 0) is 6.42 Å². The van der Waals surface area contributed by atoms with Crippen LogP contribution < -0.4 is 5.32 Å². The summed E-state index contributed by atoms with van der Waals surface area (Å²) in [5.74, 6) is 0. The molecule has 3 rings (SSSR count). The van der Waals surface area contributed by atoms with Gasteiger partial charge in [-0.05, 0) is 50.4 Å². The summed E-state index contributed by atoms with van der Waals surface area (Å²) in [6.07, 6.45) is 4.72. The van der Waals surface area contributed by atoms with Gasteiger partial charge < -0.3 is 5.32 Å². The minimum atomic E-state index is 0.410. The van der Waals surface area contributed by atoms with Crippen molar-refractivity contribution >= 4 is 38.9 Å². The van der Waals surface area contributed by atoms with E-state index >= 15 is 0 Å². The highest BCUT2D eigenvalue weighted by molar-refractivity contribution is 9.10. The lowest BCUT2D eigenvalue weighted by molar-refractivity contribution is 0.454. The molecule has 0 fully saturated rings. The van der Waals surface area contributed by atoms with Crippen molar-refractivity contribution in [2.24, 2.45) is 0 Å². The van der Waals surface area contributed by atoms with Crippen molar-refractivity contribution < 1.29 is 0 Å². The molecule has 1 unspecified atom stereocenters. The molecule has 0 radical (unpaired) electrons. The normalized spacial score (nSPS) is 17.8. The van der Waals surface area contributed by atoms with Gasteiger partial charge in [0.1, 0.15) is 5.01 Å². The zero-order valence-corrected chi connectivity index (χ0v) is 15.1. The molecule has 5 heteroatoms. The Labute approximate surface area is 143 Å². The monoisotopic (exact) mass is 384 g/mol. The SMILES string of the molecule is CCCNC1CCCc2sc(-c3ccc(Br)cc3Cl)nc21. The number of thiazole rings is 1. The van der Waals surface area contributed by atoms with Crippen LogP contribution in [0.15, 0.2) is 22.7 Å². The van der Waals surface area contributed by atoms with Gasteiger partial charge in [-0.15, -0.1) is 11.3 Å². The second-order valence-electron chi connectivity index (χ2n) is 5.35. The van der Waals surface area contributed by atoms with Gasteiger partial charge in [0.15, 0.2) is 0 Å². The van der Waals surface area contributed by atoms with Crippen molar-refractivity contribution in [1.29, 1.82) is 0 Å². The quantitative estimate of drug-likeness (QED) is 0.740. The highest BCUT2D eigenvalue weighted by Gasteiger charge is 2.25. The van der Waals surface area contributed by atoms with Gasteiger partial charge in [0.2, 0.25) is 0 Å². The number of hydrogen-bond donors (Lipinski definition) is 1. The molecule has 1 N–H and O–H groups in total. The van der Waals surface area contributed by atoms with Crippen LogP contribution in [0.3, 0.4) is 0 Å². The highest BCUT2D eigenvalue weighted by Crippen LogP contribution is 2.39. The van der Waals surface area contributed by atoms with Gasteiger partial charge in [0, 0.05) is 14.9 Å². The molecule has 0 spiro atoms. The van der Waals surface area contributed by atoms with E-state index in [1.807, 2.05) is 18.2 Å². The standard InChI is InChI=1S/C16H18BrClN2S/c1-2-8-19-13-4-3-5-14-15(13)20-16(21-14)11-7-6-10(17)9-12(11)18/h6-7,9,13,19H,2-5,8H2,1H3. The van der Waals surface area contributed by atoms with E-state index in [1.54, 1.807) is 11.3 Å². The van der Waals surface area contributed by atoms with E-state index in [0.29, 0.717) is 6.04 Å². The first-order chi connectivity index (χ1) is 10.2. The molecule has 0 amide bonds. The van der Waals surface area contributed by atoms with E-state index in [9.17, 15) is 0 Å². The average molecular weight is 386 g/mol. The molecule has 1 aromatic heterocycles. The molecular formula is C16H18BrClN2S. The predicted molar refractivity (Wildman–Crippen MR) is 94.2 cm³/mol. The number of aryl methyl sites for hydroxylation is 1. The van der Waals surface area contributed by atoms with Gasteiger partial charge in [-0.25, -0.2) is 4.98 Å². The van der Waals surface area contributed by atoms with Crippen LogP contribution >= 0.6 is 38.9 Å². The maximum atomic E-state index is 6.37. The number of benzene rings is 1. The van der Waals surface area contributed by atoms with Crippen LogP contribution in [0, 0.1) is 0 Å². The van der Waals surface area contributed by atoms with Crippen molar-refractivity contribution in [3.8, 4) is 10.6 Å². The Hall–Kier alpha value is -0.420. The Morgan fingerprint density at radius 2 is 2.33 bits per heavy atom. The maximum Gasteiger partial charge on any atom is 0.125 e. The third kappa shape index (κ3) is 3.34. The first-order valence-electron chi connectivity index (χ1n) is 7.37. The van der Waals surface area contributed by atoms with Gasteiger partial charge in [-0.3, -0.25) is 0 Å². The van der Waals surface area contributed by atoms with E-state index in [0.717, 1.165) is 39.5 Å². The second kappa shape index (κ2) is 6.78. The van der Waals surface area contributed by atoms with Gasteiger partial charge in [-0.1, -0.05) is 34.5 Å². The van der Waals surface area contributed by atoms with Crippen LogP contribution in [0.4, 0.5) is 0 Å². The zero-order valence-electron chi connectivity index (χ0n) is 12.0. The molecule has 112 valence electrons. The molecule has 1 aliphatic rings. The molecule has 1 atom stereocenters. The van der Waals surface area contributed by atoms with Crippen molar-refractivity contribution in [2.45, 2.75) is 38.6 Å². The smallest absolute Gasteiger partial charge is 0.125 e. The molecular weight excluding hydrogens is 368 g/mol. The molecule has 0 saturated carbocycles. The molecule has 1 heterocycles. The lowest BCUT2D eigenvalue weighted by atomic mass is 9.97. The highest BCUT2D eigenvalue weighted by atomic mass is 79.9. The maximum absolute atomic E-state index is 6.37. The number of nitrogens with zero attached hydrogens (tertiary/aromatic N) is 1. The zero-order chi connectivity index (χ0) is 14.8. The number of halogens is 2. The molecule has 0 saturated heterocycles. The van der Waals surface area contributed by atoms with Crippen LogP contribution in [0.1, 0.15) is 42.8 Å². The Morgan fingerprint density at radius 1 is 1.48 bits per heavy atom. The molecule has 1 aromatic carbocycles. The number of fused-ring (bicyclic) bond motifs is 1. The number of aromatic nitrogens is 1. The lowest BCUT2D eigenvalue weighted by Gasteiger charge is -2.22. The fraction of sp³-hybridized carbons (Fsp3) is 0.438. The molecule has 0 aliphatic heterocycles. The van der Waals surface area contributed by atoms with E-state index in [1.165, 1.54) is 23.4 Å². The van der Waals surface area contributed by atoms with E-state index < -0.39 is 0 Å². The largest absolute Gasteiger partial charge is 0.309 e. The first kappa shape index (κ1) is 15.5. The number of hydrogen-bond acceptors (Lipinski definition) is 3. The van der Waals surface area contributed by atoms with E-state index in [-0.39, 0.29) is 0 Å². The summed E-state index contributed by atoms with van der Waals surface area (Å²) in [4.78, 5) is 6.32. The average Bonchev–Trinajstić information content (AvgIpc) is 2.89.